The number of hydrogen-bond donors (Lipinski definition) is 1. The minimum absolute atomic E-state index is 0.185. The molecule has 0 saturated heterocycles. The molecule has 1 N–H and O–H groups in total. The summed E-state index contributed by atoms with van der Waals surface area (Å²) in [6.45, 7) is 2.29. The smallest absolute Gasteiger partial charge is 0.240 e. The maximum atomic E-state index is 12.8. The molecular formula is C22H20ClNO4S. The van der Waals surface area contributed by atoms with E-state index in [-0.39, 0.29) is 24.2 Å². The van der Waals surface area contributed by atoms with Crippen LogP contribution in [0.2, 0.25) is 5.02 Å². The maximum absolute atomic E-state index is 12.8. The van der Waals surface area contributed by atoms with Crippen LogP contribution in [-0.4, -0.2) is 21.8 Å². The summed E-state index contributed by atoms with van der Waals surface area (Å²) in [7, 11) is -3.64. The average Bonchev–Trinajstić information content (AvgIpc) is 3.18. The van der Waals surface area contributed by atoms with E-state index in [1.54, 1.807) is 36.4 Å². The zero-order valence-electron chi connectivity index (χ0n) is 15.8. The Morgan fingerprint density at radius 1 is 0.931 bits per heavy atom. The van der Waals surface area contributed by atoms with Gasteiger partial charge >= 0.3 is 0 Å². The minimum atomic E-state index is -3.64. The third kappa shape index (κ3) is 4.40. The maximum Gasteiger partial charge on any atom is 0.240 e. The van der Waals surface area contributed by atoms with Gasteiger partial charge in [0.25, 0.3) is 0 Å². The Morgan fingerprint density at radius 3 is 2.31 bits per heavy atom. The first kappa shape index (κ1) is 19.8. The van der Waals surface area contributed by atoms with Gasteiger partial charge in [-0.1, -0.05) is 47.5 Å². The molecule has 0 fully saturated rings. The lowest BCUT2D eigenvalue weighted by atomic mass is 9.91. The highest BCUT2D eigenvalue weighted by atomic mass is 35.5. The van der Waals surface area contributed by atoms with Crippen LogP contribution in [0.3, 0.4) is 0 Å². The number of nitrogens with one attached hydrogen (secondary N) is 1. The molecule has 1 aliphatic heterocycles. The predicted molar refractivity (Wildman–Crippen MR) is 112 cm³/mol. The Labute approximate surface area is 175 Å². The largest absolute Gasteiger partial charge is 0.454 e. The highest BCUT2D eigenvalue weighted by molar-refractivity contribution is 7.89. The molecule has 0 bridgehead atoms. The van der Waals surface area contributed by atoms with E-state index in [9.17, 15) is 8.42 Å². The molecule has 1 atom stereocenters. The number of sulfonamides is 1. The van der Waals surface area contributed by atoms with Crippen LogP contribution >= 0.6 is 11.6 Å². The molecular weight excluding hydrogens is 410 g/mol. The van der Waals surface area contributed by atoms with Crippen LogP contribution in [0, 0.1) is 6.92 Å². The second-order valence-corrected chi connectivity index (χ2v) is 9.09. The number of aryl methyl sites for hydroxylation is 1. The molecule has 29 heavy (non-hydrogen) atoms. The molecule has 5 nitrogen and oxygen atoms in total. The fourth-order valence-corrected chi connectivity index (χ4v) is 4.42. The lowest BCUT2D eigenvalue weighted by Crippen LogP contribution is -2.29. The molecule has 1 unspecified atom stereocenters. The zero-order valence-corrected chi connectivity index (χ0v) is 17.3. The molecule has 150 valence electrons. The normalized spacial score (nSPS) is 14.0. The van der Waals surface area contributed by atoms with Gasteiger partial charge in [0.15, 0.2) is 11.5 Å². The van der Waals surface area contributed by atoms with Crippen molar-refractivity contribution in [3.05, 3.63) is 88.4 Å². The molecule has 0 aliphatic carbocycles. The van der Waals surface area contributed by atoms with E-state index < -0.39 is 10.0 Å². The molecule has 0 aromatic heterocycles. The fourth-order valence-electron chi connectivity index (χ4n) is 3.25. The van der Waals surface area contributed by atoms with Gasteiger partial charge in [0.05, 0.1) is 4.90 Å². The minimum Gasteiger partial charge on any atom is -0.454 e. The van der Waals surface area contributed by atoms with Crippen molar-refractivity contribution in [2.24, 2.45) is 0 Å². The summed E-state index contributed by atoms with van der Waals surface area (Å²) >= 11 is 6.03. The van der Waals surface area contributed by atoms with Crippen molar-refractivity contribution >= 4 is 21.6 Å². The van der Waals surface area contributed by atoms with Crippen molar-refractivity contribution in [3.8, 4) is 11.5 Å². The van der Waals surface area contributed by atoms with Crippen LogP contribution in [0.4, 0.5) is 0 Å². The monoisotopic (exact) mass is 429 g/mol. The molecule has 4 rings (SSSR count). The van der Waals surface area contributed by atoms with Crippen LogP contribution in [0.25, 0.3) is 0 Å². The highest BCUT2D eigenvalue weighted by Crippen LogP contribution is 2.36. The Kier molecular flexibility index (Phi) is 5.50. The van der Waals surface area contributed by atoms with E-state index in [0.29, 0.717) is 16.5 Å². The number of fused-ring (bicyclic) bond motifs is 1. The van der Waals surface area contributed by atoms with E-state index in [1.807, 2.05) is 37.3 Å². The third-order valence-electron chi connectivity index (χ3n) is 4.88. The summed E-state index contributed by atoms with van der Waals surface area (Å²) in [5.41, 5.74) is 2.87. The molecule has 3 aromatic rings. The summed E-state index contributed by atoms with van der Waals surface area (Å²) in [5.74, 6) is 1.12. The second kappa shape index (κ2) is 8.06. The lowest BCUT2D eigenvalue weighted by Gasteiger charge is -2.19. The van der Waals surface area contributed by atoms with E-state index >= 15 is 0 Å². The number of ether oxygens (including phenoxy) is 2. The van der Waals surface area contributed by atoms with Gasteiger partial charge in [0.1, 0.15) is 0 Å². The van der Waals surface area contributed by atoms with Crippen LogP contribution in [0.5, 0.6) is 11.5 Å². The van der Waals surface area contributed by atoms with Crippen molar-refractivity contribution in [3.63, 3.8) is 0 Å². The van der Waals surface area contributed by atoms with Gasteiger partial charge in [-0.05, 0) is 54.4 Å². The van der Waals surface area contributed by atoms with Gasteiger partial charge in [0.2, 0.25) is 16.8 Å². The topological polar surface area (TPSA) is 64.6 Å². The number of hydrogen-bond acceptors (Lipinski definition) is 4. The van der Waals surface area contributed by atoms with Crippen LogP contribution in [-0.2, 0) is 10.0 Å². The predicted octanol–water partition coefficient (Wildman–Crippen LogP) is 4.49. The molecule has 0 saturated carbocycles. The van der Waals surface area contributed by atoms with Crippen molar-refractivity contribution in [1.29, 1.82) is 0 Å². The summed E-state index contributed by atoms with van der Waals surface area (Å²) in [5, 5.41) is 0.624. The van der Waals surface area contributed by atoms with E-state index in [1.165, 1.54) is 0 Å². The quantitative estimate of drug-likeness (QED) is 0.627. The van der Waals surface area contributed by atoms with Gasteiger partial charge in [-0.2, -0.15) is 0 Å². The summed E-state index contributed by atoms with van der Waals surface area (Å²) < 4.78 is 39.2. The van der Waals surface area contributed by atoms with Gasteiger partial charge in [-0.15, -0.1) is 0 Å². The first-order chi connectivity index (χ1) is 13.9. The summed E-state index contributed by atoms with van der Waals surface area (Å²) in [4.78, 5) is 0.239. The highest BCUT2D eigenvalue weighted by Gasteiger charge is 2.22. The molecule has 1 aliphatic rings. The average molecular weight is 430 g/mol. The lowest BCUT2D eigenvalue weighted by molar-refractivity contribution is 0.174. The molecule has 0 spiro atoms. The van der Waals surface area contributed by atoms with E-state index in [0.717, 1.165) is 16.7 Å². The Morgan fingerprint density at radius 2 is 1.59 bits per heavy atom. The van der Waals surface area contributed by atoms with Gasteiger partial charge in [-0.3, -0.25) is 0 Å². The van der Waals surface area contributed by atoms with Crippen molar-refractivity contribution in [1.82, 2.24) is 4.72 Å². The summed E-state index contributed by atoms with van der Waals surface area (Å²) in [6, 6.07) is 19.8. The molecule has 3 aromatic carbocycles. The number of rotatable bonds is 6. The van der Waals surface area contributed by atoms with Crippen molar-refractivity contribution in [2.45, 2.75) is 17.7 Å². The number of benzene rings is 3. The van der Waals surface area contributed by atoms with Crippen LogP contribution in [0.15, 0.2) is 71.6 Å². The Balaban J connectivity index is 1.64. The van der Waals surface area contributed by atoms with Gasteiger partial charge in [-0.25, -0.2) is 13.1 Å². The van der Waals surface area contributed by atoms with Crippen molar-refractivity contribution < 1.29 is 17.9 Å². The molecule has 7 heteroatoms. The van der Waals surface area contributed by atoms with Gasteiger partial charge in [0, 0.05) is 17.5 Å². The third-order valence-corrected chi connectivity index (χ3v) is 6.57. The SMILES string of the molecule is Cc1ccc(S(=O)(=O)NCC(c2ccc(Cl)cc2)c2ccc3c(c2)OCO3)cc1. The molecule has 1 heterocycles. The first-order valence-corrected chi connectivity index (χ1v) is 11.0. The fraction of sp³-hybridized carbons (Fsp3) is 0.182. The first-order valence-electron chi connectivity index (χ1n) is 9.14. The van der Waals surface area contributed by atoms with E-state index in [2.05, 4.69) is 4.72 Å². The summed E-state index contributed by atoms with van der Waals surface area (Å²) in [6.07, 6.45) is 0. The zero-order chi connectivity index (χ0) is 20.4. The standard InChI is InChI=1S/C22H20ClNO4S/c1-15-2-9-19(10-3-15)29(25,26)24-13-20(16-4-7-18(23)8-5-16)17-6-11-21-22(12-17)28-14-27-21/h2-12,20,24H,13-14H2,1H3. The second-order valence-electron chi connectivity index (χ2n) is 6.88. The van der Waals surface area contributed by atoms with Crippen molar-refractivity contribution in [2.75, 3.05) is 13.3 Å². The van der Waals surface area contributed by atoms with Gasteiger partial charge < -0.3 is 9.47 Å². The Bertz CT molecular complexity index is 1110. The van der Waals surface area contributed by atoms with Crippen LogP contribution < -0.4 is 14.2 Å². The molecule has 0 amide bonds. The number of halogens is 1. The van der Waals surface area contributed by atoms with Crippen LogP contribution in [0.1, 0.15) is 22.6 Å². The van der Waals surface area contributed by atoms with E-state index in [4.69, 9.17) is 21.1 Å². The molecule has 0 radical (unpaired) electrons. The Hall–Kier alpha value is -2.54.